The summed E-state index contributed by atoms with van der Waals surface area (Å²) in [6.07, 6.45) is 2.13. The summed E-state index contributed by atoms with van der Waals surface area (Å²) in [4.78, 5) is 0. The van der Waals surface area contributed by atoms with E-state index in [1.165, 1.54) is 12.3 Å². The van der Waals surface area contributed by atoms with Gasteiger partial charge in [0.15, 0.2) is 0 Å². The quantitative estimate of drug-likeness (QED) is 0.405. The van der Waals surface area contributed by atoms with Gasteiger partial charge in [-0.25, -0.2) is 4.39 Å². The summed E-state index contributed by atoms with van der Waals surface area (Å²) in [6, 6.07) is 5.03. The molecule has 0 unspecified atom stereocenters. The Balaban J connectivity index is 3.03. The monoisotopic (exact) mass is 166 g/mol. The maximum Gasteiger partial charge on any atom is 0.132 e. The van der Waals surface area contributed by atoms with Crippen LogP contribution in [0.2, 0.25) is 0 Å². The second-order valence-corrected chi connectivity index (χ2v) is 2.49. The van der Waals surface area contributed by atoms with Crippen LogP contribution in [0.5, 0.6) is 0 Å². The van der Waals surface area contributed by atoms with Crippen LogP contribution in [0.3, 0.4) is 0 Å². The molecule has 12 heavy (non-hydrogen) atoms. The van der Waals surface area contributed by atoms with E-state index >= 15 is 0 Å². The molecule has 3 heteroatoms. The van der Waals surface area contributed by atoms with Crippen molar-refractivity contribution in [1.82, 2.24) is 0 Å². The van der Waals surface area contributed by atoms with Gasteiger partial charge in [-0.15, -0.1) is 0 Å². The van der Waals surface area contributed by atoms with Gasteiger partial charge < -0.3 is 5.84 Å². The third-order valence-corrected chi connectivity index (χ3v) is 1.69. The van der Waals surface area contributed by atoms with Gasteiger partial charge in [-0.05, 0) is 18.1 Å². The Hall–Kier alpha value is -1.38. The highest BCUT2D eigenvalue weighted by Crippen LogP contribution is 2.08. The number of hydrazone groups is 1. The zero-order valence-corrected chi connectivity index (χ0v) is 6.92. The number of nitrogens with two attached hydrogens (primary N) is 1. The summed E-state index contributed by atoms with van der Waals surface area (Å²) in [5.41, 5.74) is 1.40. The molecule has 0 aliphatic rings. The molecule has 0 radical (unpaired) electrons. The average Bonchev–Trinajstić information content (AvgIpc) is 2.09. The summed E-state index contributed by atoms with van der Waals surface area (Å²) in [7, 11) is 0. The van der Waals surface area contributed by atoms with Gasteiger partial charge in [0.1, 0.15) is 5.82 Å². The zero-order chi connectivity index (χ0) is 8.97. The van der Waals surface area contributed by atoms with Crippen LogP contribution in [0.15, 0.2) is 23.3 Å². The van der Waals surface area contributed by atoms with Crippen molar-refractivity contribution in [2.75, 3.05) is 0 Å². The summed E-state index contributed by atoms with van der Waals surface area (Å²) in [5.74, 6) is 4.63. The molecule has 0 aromatic heterocycles. The molecule has 2 nitrogen and oxygen atoms in total. The van der Waals surface area contributed by atoms with E-state index < -0.39 is 0 Å². The lowest BCUT2D eigenvalue weighted by Crippen LogP contribution is -1.92. The number of benzene rings is 1. The van der Waals surface area contributed by atoms with E-state index in [2.05, 4.69) is 5.10 Å². The van der Waals surface area contributed by atoms with Crippen LogP contribution in [0.1, 0.15) is 18.1 Å². The SMILES string of the molecule is CCc1ccc(C=NN)c(F)c1. The third-order valence-electron chi connectivity index (χ3n) is 1.69. The number of halogens is 1. The summed E-state index contributed by atoms with van der Waals surface area (Å²) in [5, 5.41) is 3.26. The first kappa shape index (κ1) is 8.71. The number of hydrogen-bond acceptors (Lipinski definition) is 2. The van der Waals surface area contributed by atoms with E-state index in [9.17, 15) is 4.39 Å². The Morgan fingerprint density at radius 3 is 2.83 bits per heavy atom. The minimum atomic E-state index is -0.274. The molecule has 64 valence electrons. The van der Waals surface area contributed by atoms with Crippen LogP contribution in [0, 0.1) is 5.82 Å². The lowest BCUT2D eigenvalue weighted by Gasteiger charge is -1.98. The molecule has 2 N–H and O–H groups in total. The maximum absolute atomic E-state index is 13.1. The zero-order valence-electron chi connectivity index (χ0n) is 6.92. The normalized spacial score (nSPS) is 10.8. The maximum atomic E-state index is 13.1. The fourth-order valence-electron chi connectivity index (χ4n) is 0.976. The van der Waals surface area contributed by atoms with E-state index in [0.29, 0.717) is 5.56 Å². The molecule has 0 spiro atoms. The Morgan fingerprint density at radius 2 is 2.33 bits per heavy atom. The van der Waals surface area contributed by atoms with Crippen molar-refractivity contribution in [3.63, 3.8) is 0 Å². The molecule has 1 aromatic carbocycles. The van der Waals surface area contributed by atoms with Crippen molar-refractivity contribution in [1.29, 1.82) is 0 Å². The average molecular weight is 166 g/mol. The first-order valence-corrected chi connectivity index (χ1v) is 3.79. The van der Waals surface area contributed by atoms with Gasteiger partial charge >= 0.3 is 0 Å². The largest absolute Gasteiger partial charge is 0.323 e. The summed E-state index contributed by atoms with van der Waals surface area (Å²) in [6.45, 7) is 1.98. The minimum absolute atomic E-state index is 0.274. The molecule has 0 atom stereocenters. The summed E-state index contributed by atoms with van der Waals surface area (Å²) >= 11 is 0. The second-order valence-electron chi connectivity index (χ2n) is 2.49. The van der Waals surface area contributed by atoms with Crippen molar-refractivity contribution >= 4 is 6.21 Å². The van der Waals surface area contributed by atoms with E-state index in [1.54, 1.807) is 6.07 Å². The predicted octanol–water partition coefficient (Wildman–Crippen LogP) is 1.68. The fourth-order valence-corrected chi connectivity index (χ4v) is 0.976. The van der Waals surface area contributed by atoms with Crippen molar-refractivity contribution in [3.8, 4) is 0 Å². The Labute approximate surface area is 70.9 Å². The molecular weight excluding hydrogens is 155 g/mol. The van der Waals surface area contributed by atoms with Crippen molar-refractivity contribution < 1.29 is 4.39 Å². The Bertz CT molecular complexity index is 295. The molecule has 0 bridgehead atoms. The molecule has 0 saturated carbocycles. The van der Waals surface area contributed by atoms with Crippen LogP contribution < -0.4 is 5.84 Å². The van der Waals surface area contributed by atoms with Gasteiger partial charge in [-0.3, -0.25) is 0 Å². The first-order chi connectivity index (χ1) is 5.77. The lowest BCUT2D eigenvalue weighted by molar-refractivity contribution is 0.624. The van der Waals surface area contributed by atoms with Crippen LogP contribution >= 0.6 is 0 Å². The Morgan fingerprint density at radius 1 is 1.58 bits per heavy atom. The lowest BCUT2D eigenvalue weighted by atomic mass is 10.1. The predicted molar refractivity (Wildman–Crippen MR) is 47.6 cm³/mol. The van der Waals surface area contributed by atoms with Crippen LogP contribution in [-0.4, -0.2) is 6.21 Å². The third kappa shape index (κ3) is 1.81. The Kier molecular flexibility index (Phi) is 2.80. The molecule has 0 fully saturated rings. The molecular formula is C9H11FN2. The molecule has 1 rings (SSSR count). The van der Waals surface area contributed by atoms with E-state index in [-0.39, 0.29) is 5.82 Å². The first-order valence-electron chi connectivity index (χ1n) is 3.79. The van der Waals surface area contributed by atoms with Crippen LogP contribution in [0.4, 0.5) is 4.39 Å². The molecule has 0 heterocycles. The molecule has 0 aliphatic heterocycles. The number of aryl methyl sites for hydroxylation is 1. The molecule has 0 saturated heterocycles. The van der Waals surface area contributed by atoms with Gasteiger partial charge in [-0.2, -0.15) is 5.10 Å². The number of hydrogen-bond donors (Lipinski definition) is 1. The van der Waals surface area contributed by atoms with E-state index in [0.717, 1.165) is 12.0 Å². The van der Waals surface area contributed by atoms with Gasteiger partial charge in [0.25, 0.3) is 0 Å². The molecule has 0 amide bonds. The second kappa shape index (κ2) is 3.85. The highest BCUT2D eigenvalue weighted by Gasteiger charge is 1.99. The highest BCUT2D eigenvalue weighted by atomic mass is 19.1. The van der Waals surface area contributed by atoms with Gasteiger partial charge in [0.05, 0.1) is 6.21 Å². The van der Waals surface area contributed by atoms with Gasteiger partial charge in [0, 0.05) is 5.56 Å². The number of nitrogens with zero attached hydrogens (tertiary/aromatic N) is 1. The van der Waals surface area contributed by atoms with E-state index in [4.69, 9.17) is 5.84 Å². The smallest absolute Gasteiger partial charge is 0.132 e. The van der Waals surface area contributed by atoms with Crippen molar-refractivity contribution in [2.45, 2.75) is 13.3 Å². The highest BCUT2D eigenvalue weighted by molar-refractivity contribution is 5.79. The van der Waals surface area contributed by atoms with Crippen LogP contribution in [-0.2, 0) is 6.42 Å². The van der Waals surface area contributed by atoms with Crippen molar-refractivity contribution in [3.05, 3.63) is 35.1 Å². The van der Waals surface area contributed by atoms with Crippen LogP contribution in [0.25, 0.3) is 0 Å². The summed E-state index contributed by atoms with van der Waals surface area (Å²) < 4.78 is 13.1. The standard InChI is InChI=1S/C9H11FN2/c1-2-7-3-4-8(6-12-11)9(10)5-7/h3-6H,2,11H2,1H3. The van der Waals surface area contributed by atoms with Gasteiger partial charge in [0.2, 0.25) is 0 Å². The van der Waals surface area contributed by atoms with Crippen molar-refractivity contribution in [2.24, 2.45) is 10.9 Å². The molecule has 0 aliphatic carbocycles. The minimum Gasteiger partial charge on any atom is -0.323 e. The van der Waals surface area contributed by atoms with Gasteiger partial charge in [-0.1, -0.05) is 19.1 Å². The van der Waals surface area contributed by atoms with E-state index in [1.807, 2.05) is 13.0 Å². The molecule has 1 aromatic rings. The fraction of sp³-hybridized carbons (Fsp3) is 0.222. The number of rotatable bonds is 2. The topological polar surface area (TPSA) is 38.4 Å².